The lowest BCUT2D eigenvalue weighted by molar-refractivity contribution is 0.256. The number of benzene rings is 1. The highest BCUT2D eigenvalue weighted by Gasteiger charge is 2.27. The van der Waals surface area contributed by atoms with Crippen LogP contribution in [-0.2, 0) is 15.4 Å². The SMILES string of the molecule is COc1cc(C)nc(NC(=O)NS(=O)(=O)c2ccccc2-c2nnc(C(C)(C)C)o2)n1. The number of rotatable bonds is 5. The van der Waals surface area contributed by atoms with Crippen molar-refractivity contribution >= 4 is 22.0 Å². The van der Waals surface area contributed by atoms with Crippen molar-refractivity contribution in [1.82, 2.24) is 24.9 Å². The van der Waals surface area contributed by atoms with Gasteiger partial charge >= 0.3 is 6.03 Å². The number of sulfonamides is 1. The summed E-state index contributed by atoms with van der Waals surface area (Å²) >= 11 is 0. The van der Waals surface area contributed by atoms with Crippen molar-refractivity contribution in [3.05, 3.63) is 41.9 Å². The molecule has 0 aliphatic carbocycles. The van der Waals surface area contributed by atoms with Gasteiger partial charge in [-0.3, -0.25) is 5.32 Å². The van der Waals surface area contributed by atoms with Crippen LogP contribution >= 0.6 is 0 Å². The third-order valence-electron chi connectivity index (χ3n) is 3.97. The van der Waals surface area contributed by atoms with Crippen LogP contribution in [0.25, 0.3) is 11.5 Å². The number of nitrogens with zero attached hydrogens (tertiary/aromatic N) is 4. The van der Waals surface area contributed by atoms with E-state index in [1.54, 1.807) is 19.1 Å². The van der Waals surface area contributed by atoms with Crippen LogP contribution in [-0.4, -0.2) is 41.7 Å². The van der Waals surface area contributed by atoms with Gasteiger partial charge in [0.15, 0.2) is 0 Å². The summed E-state index contributed by atoms with van der Waals surface area (Å²) in [5, 5.41) is 10.2. The van der Waals surface area contributed by atoms with Gasteiger partial charge < -0.3 is 9.15 Å². The quantitative estimate of drug-likeness (QED) is 0.603. The van der Waals surface area contributed by atoms with Gasteiger partial charge in [0, 0.05) is 17.2 Å². The zero-order valence-electron chi connectivity index (χ0n) is 17.6. The van der Waals surface area contributed by atoms with Gasteiger partial charge in [0.05, 0.1) is 12.7 Å². The third-order valence-corrected chi connectivity index (χ3v) is 5.35. The van der Waals surface area contributed by atoms with Gasteiger partial charge in [0.25, 0.3) is 10.0 Å². The predicted molar refractivity (Wildman–Crippen MR) is 111 cm³/mol. The van der Waals surface area contributed by atoms with E-state index in [-0.39, 0.29) is 28.2 Å². The van der Waals surface area contributed by atoms with E-state index in [1.165, 1.54) is 25.3 Å². The summed E-state index contributed by atoms with van der Waals surface area (Å²) in [5.41, 5.74) is 0.284. The molecule has 0 saturated carbocycles. The lowest BCUT2D eigenvalue weighted by Crippen LogP contribution is -2.35. The second kappa shape index (κ2) is 8.30. The number of anilines is 1. The molecule has 0 saturated heterocycles. The molecular formula is C19H22N6O5S. The summed E-state index contributed by atoms with van der Waals surface area (Å²) < 4.78 is 38.4. The van der Waals surface area contributed by atoms with E-state index in [1.807, 2.05) is 25.5 Å². The zero-order chi connectivity index (χ0) is 22.8. The van der Waals surface area contributed by atoms with Gasteiger partial charge in [-0.15, -0.1) is 10.2 Å². The minimum Gasteiger partial charge on any atom is -0.481 e. The molecule has 0 atom stereocenters. The topological polar surface area (TPSA) is 149 Å². The molecule has 3 rings (SSSR count). The van der Waals surface area contributed by atoms with E-state index in [0.29, 0.717) is 11.6 Å². The lowest BCUT2D eigenvalue weighted by atomic mass is 9.97. The third kappa shape index (κ3) is 5.15. The summed E-state index contributed by atoms with van der Waals surface area (Å²) in [7, 11) is -2.87. The lowest BCUT2D eigenvalue weighted by Gasteiger charge is -2.12. The van der Waals surface area contributed by atoms with Crippen LogP contribution in [0.1, 0.15) is 32.4 Å². The van der Waals surface area contributed by atoms with Crippen LogP contribution in [0.4, 0.5) is 10.7 Å². The van der Waals surface area contributed by atoms with Crippen LogP contribution in [0.5, 0.6) is 5.88 Å². The summed E-state index contributed by atoms with van der Waals surface area (Å²) in [5.74, 6) is 0.496. The highest BCUT2D eigenvalue weighted by molar-refractivity contribution is 7.90. The van der Waals surface area contributed by atoms with Crippen LogP contribution in [0.3, 0.4) is 0 Å². The van der Waals surface area contributed by atoms with Crippen molar-refractivity contribution in [2.75, 3.05) is 12.4 Å². The van der Waals surface area contributed by atoms with Crippen molar-refractivity contribution in [1.29, 1.82) is 0 Å². The molecule has 11 nitrogen and oxygen atoms in total. The predicted octanol–water partition coefficient (Wildman–Crippen LogP) is 2.65. The number of carbonyl (C=O) groups is 1. The molecule has 0 bridgehead atoms. The van der Waals surface area contributed by atoms with Crippen LogP contribution in [0.15, 0.2) is 39.6 Å². The number of methoxy groups -OCH3 is 1. The number of amides is 2. The van der Waals surface area contributed by atoms with Crippen LogP contribution < -0.4 is 14.8 Å². The summed E-state index contributed by atoms with van der Waals surface area (Å²) in [4.78, 5) is 20.1. The number of urea groups is 1. The Morgan fingerprint density at radius 2 is 1.84 bits per heavy atom. The number of ether oxygens (including phenoxy) is 1. The first-order valence-corrected chi connectivity index (χ1v) is 10.6. The van der Waals surface area contributed by atoms with Gasteiger partial charge in [0.1, 0.15) is 4.90 Å². The van der Waals surface area contributed by atoms with E-state index in [2.05, 4.69) is 25.5 Å². The van der Waals surface area contributed by atoms with Gasteiger partial charge in [-0.2, -0.15) is 4.98 Å². The molecule has 164 valence electrons. The van der Waals surface area contributed by atoms with Crippen LogP contribution in [0, 0.1) is 6.92 Å². The van der Waals surface area contributed by atoms with Gasteiger partial charge in [-0.25, -0.2) is 22.9 Å². The molecule has 0 spiro atoms. The van der Waals surface area contributed by atoms with Gasteiger partial charge in [-0.05, 0) is 19.1 Å². The van der Waals surface area contributed by atoms with Crippen molar-refractivity contribution in [2.24, 2.45) is 0 Å². The summed E-state index contributed by atoms with van der Waals surface area (Å²) in [6.45, 7) is 7.35. The van der Waals surface area contributed by atoms with Crippen molar-refractivity contribution in [2.45, 2.75) is 38.0 Å². The van der Waals surface area contributed by atoms with Gasteiger partial charge in [0.2, 0.25) is 23.6 Å². The molecule has 0 fully saturated rings. The summed E-state index contributed by atoms with van der Waals surface area (Å²) in [6, 6.07) is 6.52. The second-order valence-corrected chi connectivity index (χ2v) is 9.24. The zero-order valence-corrected chi connectivity index (χ0v) is 18.4. The normalized spacial score (nSPS) is 11.8. The molecule has 3 aromatic rings. The number of aryl methyl sites for hydroxylation is 1. The molecule has 2 N–H and O–H groups in total. The Balaban J connectivity index is 1.87. The Hall–Kier alpha value is -3.54. The Kier molecular flexibility index (Phi) is 5.93. The molecule has 0 aliphatic heterocycles. The summed E-state index contributed by atoms with van der Waals surface area (Å²) in [6.07, 6.45) is 0. The molecule has 31 heavy (non-hydrogen) atoms. The number of hydrogen-bond donors (Lipinski definition) is 2. The van der Waals surface area contributed by atoms with E-state index in [4.69, 9.17) is 9.15 Å². The molecular weight excluding hydrogens is 424 g/mol. The second-order valence-electron chi connectivity index (χ2n) is 7.59. The highest BCUT2D eigenvalue weighted by atomic mass is 32.2. The first-order valence-electron chi connectivity index (χ1n) is 9.16. The highest BCUT2D eigenvalue weighted by Crippen LogP contribution is 2.29. The number of carbonyl (C=O) groups excluding carboxylic acids is 1. The fourth-order valence-corrected chi connectivity index (χ4v) is 3.62. The van der Waals surface area contributed by atoms with E-state index in [9.17, 15) is 13.2 Å². The van der Waals surface area contributed by atoms with E-state index < -0.39 is 21.5 Å². The fourth-order valence-electron chi connectivity index (χ4n) is 2.52. The van der Waals surface area contributed by atoms with Crippen molar-refractivity contribution in [3.8, 4) is 17.3 Å². The van der Waals surface area contributed by atoms with E-state index in [0.717, 1.165) is 0 Å². The standard InChI is InChI=1S/C19H22N6O5S/c1-11-10-14(29-5)21-17(20-11)22-18(26)25-31(27,28)13-9-7-6-8-12(13)15-23-24-16(30-15)19(2,3)4/h6-10H,1-5H3,(H2,20,21,22,25,26). The first-order chi connectivity index (χ1) is 14.5. The number of aromatic nitrogens is 4. The number of nitrogens with one attached hydrogen (secondary N) is 2. The minimum atomic E-state index is -4.29. The average Bonchev–Trinajstić information content (AvgIpc) is 3.17. The number of hydrogen-bond acceptors (Lipinski definition) is 9. The first kappa shape index (κ1) is 22.2. The Morgan fingerprint density at radius 3 is 2.48 bits per heavy atom. The van der Waals surface area contributed by atoms with Crippen molar-refractivity contribution in [3.63, 3.8) is 0 Å². The molecule has 2 aromatic heterocycles. The Bertz CT molecular complexity index is 1220. The Labute approximate surface area is 179 Å². The molecule has 0 radical (unpaired) electrons. The maximum atomic E-state index is 12.9. The van der Waals surface area contributed by atoms with Crippen LogP contribution in [0.2, 0.25) is 0 Å². The maximum Gasteiger partial charge on any atom is 0.335 e. The molecule has 0 unspecified atom stereocenters. The molecule has 2 amide bonds. The van der Waals surface area contributed by atoms with Crippen molar-refractivity contribution < 1.29 is 22.4 Å². The van der Waals surface area contributed by atoms with E-state index >= 15 is 0 Å². The maximum absolute atomic E-state index is 12.9. The fraction of sp³-hybridized carbons (Fsp3) is 0.316. The van der Waals surface area contributed by atoms with Gasteiger partial charge in [-0.1, -0.05) is 32.9 Å². The molecule has 0 aliphatic rings. The monoisotopic (exact) mass is 446 g/mol. The largest absolute Gasteiger partial charge is 0.481 e. The smallest absolute Gasteiger partial charge is 0.335 e. The molecule has 12 heteroatoms. The average molecular weight is 446 g/mol. The Morgan fingerprint density at radius 1 is 1.13 bits per heavy atom. The minimum absolute atomic E-state index is 0.0260. The molecule has 2 heterocycles. The molecule has 1 aromatic carbocycles.